The first-order valence-electron chi connectivity index (χ1n) is 9.01. The number of hydrogen-bond acceptors (Lipinski definition) is 4. The van der Waals surface area contributed by atoms with E-state index in [1.807, 2.05) is 18.2 Å². The average Bonchev–Trinajstić information content (AvgIpc) is 2.65. The van der Waals surface area contributed by atoms with Crippen molar-refractivity contribution in [2.45, 2.75) is 27.2 Å². The number of benzene rings is 1. The number of carbonyl (C=O) groups is 2. The fraction of sp³-hybridized carbons (Fsp3) is 0.381. The number of carboxylic acids is 1. The number of rotatable bonds is 4. The number of nitrogens with zero attached hydrogens (tertiary/aromatic N) is 2. The maximum atomic E-state index is 13.2. The van der Waals surface area contributed by atoms with Crippen molar-refractivity contribution < 1.29 is 19.4 Å². The van der Waals surface area contributed by atoms with E-state index in [2.05, 4.69) is 18.8 Å². The Bertz CT molecular complexity index is 892. The van der Waals surface area contributed by atoms with Crippen molar-refractivity contribution in [3.8, 4) is 5.75 Å². The monoisotopic (exact) mass is 368 g/mol. The second kappa shape index (κ2) is 7.39. The fourth-order valence-electron chi connectivity index (χ4n) is 3.48. The SMILES string of the molecule is COc1ccc2c(c1)CC(C(C)C)CN2C(=O)c1ccc(C(=O)O)c(C)n1. The predicted octanol–water partition coefficient (Wildman–Crippen LogP) is 3.57. The smallest absolute Gasteiger partial charge is 0.337 e. The van der Waals surface area contributed by atoms with Gasteiger partial charge in [0.2, 0.25) is 0 Å². The highest BCUT2D eigenvalue weighted by Gasteiger charge is 2.31. The van der Waals surface area contributed by atoms with Crippen LogP contribution >= 0.6 is 0 Å². The van der Waals surface area contributed by atoms with Crippen LogP contribution in [-0.4, -0.2) is 35.6 Å². The molecule has 3 rings (SSSR count). The Morgan fingerprint density at radius 3 is 2.59 bits per heavy atom. The van der Waals surface area contributed by atoms with Crippen molar-refractivity contribution in [2.75, 3.05) is 18.6 Å². The Hall–Kier alpha value is -2.89. The van der Waals surface area contributed by atoms with Gasteiger partial charge in [-0.25, -0.2) is 9.78 Å². The van der Waals surface area contributed by atoms with Crippen LogP contribution in [0.1, 0.15) is 46.0 Å². The van der Waals surface area contributed by atoms with E-state index in [1.165, 1.54) is 12.1 Å². The Morgan fingerprint density at radius 2 is 2.00 bits per heavy atom. The molecule has 6 heteroatoms. The summed E-state index contributed by atoms with van der Waals surface area (Å²) in [6.07, 6.45) is 0.887. The Balaban J connectivity index is 2.01. The summed E-state index contributed by atoms with van der Waals surface area (Å²) in [6.45, 7) is 6.52. The molecule has 1 atom stereocenters. The molecule has 27 heavy (non-hydrogen) atoms. The standard InChI is InChI=1S/C21H24N2O4/c1-12(2)15-9-14-10-16(27-4)5-8-19(14)23(11-15)20(24)18-7-6-17(21(25)26)13(3)22-18/h5-8,10,12,15H,9,11H2,1-4H3,(H,25,26). The number of carboxylic acid groups (broad SMARTS) is 1. The molecule has 1 unspecified atom stereocenters. The molecule has 1 aliphatic rings. The van der Waals surface area contributed by atoms with Crippen LogP contribution in [-0.2, 0) is 6.42 Å². The lowest BCUT2D eigenvalue weighted by molar-refractivity contribution is 0.0694. The van der Waals surface area contributed by atoms with Gasteiger partial charge in [-0.3, -0.25) is 4.79 Å². The summed E-state index contributed by atoms with van der Waals surface area (Å²) in [7, 11) is 1.63. The lowest BCUT2D eigenvalue weighted by Crippen LogP contribution is -2.42. The number of amides is 1. The second-order valence-corrected chi connectivity index (χ2v) is 7.25. The summed E-state index contributed by atoms with van der Waals surface area (Å²) in [6, 6.07) is 8.66. The third kappa shape index (κ3) is 3.65. The summed E-state index contributed by atoms with van der Waals surface area (Å²) in [5.74, 6) is 0.253. The highest BCUT2D eigenvalue weighted by atomic mass is 16.5. The molecule has 0 bridgehead atoms. The topological polar surface area (TPSA) is 79.7 Å². The van der Waals surface area contributed by atoms with Gasteiger partial charge in [0, 0.05) is 12.2 Å². The van der Waals surface area contributed by atoms with Crippen molar-refractivity contribution in [1.82, 2.24) is 4.98 Å². The van der Waals surface area contributed by atoms with Crippen LogP contribution in [0.4, 0.5) is 5.69 Å². The van der Waals surface area contributed by atoms with Crippen molar-refractivity contribution in [1.29, 1.82) is 0 Å². The Kier molecular flexibility index (Phi) is 5.17. The van der Waals surface area contributed by atoms with Gasteiger partial charge >= 0.3 is 5.97 Å². The molecule has 1 N–H and O–H groups in total. The van der Waals surface area contributed by atoms with Crippen molar-refractivity contribution in [2.24, 2.45) is 11.8 Å². The lowest BCUT2D eigenvalue weighted by atomic mass is 9.84. The van der Waals surface area contributed by atoms with E-state index in [-0.39, 0.29) is 17.2 Å². The van der Waals surface area contributed by atoms with E-state index in [0.717, 1.165) is 23.4 Å². The molecule has 0 saturated heterocycles. The number of pyridine rings is 1. The van der Waals surface area contributed by atoms with Crippen LogP contribution < -0.4 is 9.64 Å². The molecule has 6 nitrogen and oxygen atoms in total. The molecular formula is C21H24N2O4. The zero-order valence-corrected chi connectivity index (χ0v) is 16.0. The number of fused-ring (bicyclic) bond motifs is 1. The minimum absolute atomic E-state index is 0.107. The summed E-state index contributed by atoms with van der Waals surface area (Å²) < 4.78 is 5.34. The maximum absolute atomic E-state index is 13.2. The van der Waals surface area contributed by atoms with Gasteiger partial charge in [0.1, 0.15) is 11.4 Å². The molecule has 2 aromatic rings. The van der Waals surface area contributed by atoms with E-state index >= 15 is 0 Å². The van der Waals surface area contributed by atoms with Gasteiger partial charge in [0.15, 0.2) is 0 Å². The molecule has 1 amide bonds. The van der Waals surface area contributed by atoms with Crippen LogP contribution in [0.5, 0.6) is 5.75 Å². The second-order valence-electron chi connectivity index (χ2n) is 7.25. The summed E-state index contributed by atoms with van der Waals surface area (Å²) in [5.41, 5.74) is 2.63. The number of anilines is 1. The summed E-state index contributed by atoms with van der Waals surface area (Å²) in [5, 5.41) is 9.17. The number of ether oxygens (including phenoxy) is 1. The zero-order chi connectivity index (χ0) is 19.7. The highest BCUT2D eigenvalue weighted by Crippen LogP contribution is 2.35. The molecule has 0 fully saturated rings. The molecule has 1 aromatic carbocycles. The van der Waals surface area contributed by atoms with Gasteiger partial charge in [0.05, 0.1) is 18.4 Å². The van der Waals surface area contributed by atoms with Crippen LogP contribution in [0, 0.1) is 18.8 Å². The molecule has 2 heterocycles. The largest absolute Gasteiger partial charge is 0.497 e. The molecule has 1 aliphatic heterocycles. The lowest BCUT2D eigenvalue weighted by Gasteiger charge is -2.36. The normalized spacial score (nSPS) is 16.2. The van der Waals surface area contributed by atoms with Crippen molar-refractivity contribution >= 4 is 17.6 Å². The third-order valence-electron chi connectivity index (χ3n) is 5.20. The first kappa shape index (κ1) is 18.9. The minimum atomic E-state index is -1.05. The molecule has 0 saturated carbocycles. The number of aromatic nitrogens is 1. The first-order valence-corrected chi connectivity index (χ1v) is 9.01. The van der Waals surface area contributed by atoms with Gasteiger partial charge in [-0.05, 0) is 61.1 Å². The Labute approximate surface area is 158 Å². The molecule has 0 spiro atoms. The third-order valence-corrected chi connectivity index (χ3v) is 5.20. The van der Waals surface area contributed by atoms with Crippen LogP contribution in [0.15, 0.2) is 30.3 Å². The van der Waals surface area contributed by atoms with E-state index in [4.69, 9.17) is 4.74 Å². The quantitative estimate of drug-likeness (QED) is 0.892. The summed E-state index contributed by atoms with van der Waals surface area (Å²) in [4.78, 5) is 30.4. The van der Waals surface area contributed by atoms with Crippen molar-refractivity contribution in [3.05, 3.63) is 52.8 Å². The first-order chi connectivity index (χ1) is 12.8. The predicted molar refractivity (Wildman–Crippen MR) is 103 cm³/mol. The van der Waals surface area contributed by atoms with E-state index in [9.17, 15) is 14.7 Å². The van der Waals surface area contributed by atoms with E-state index in [0.29, 0.717) is 24.1 Å². The van der Waals surface area contributed by atoms with E-state index in [1.54, 1.807) is 18.9 Å². The van der Waals surface area contributed by atoms with Gasteiger partial charge in [-0.2, -0.15) is 0 Å². The fourth-order valence-corrected chi connectivity index (χ4v) is 3.48. The number of aryl methyl sites for hydroxylation is 1. The molecule has 0 aliphatic carbocycles. The zero-order valence-electron chi connectivity index (χ0n) is 16.0. The molecular weight excluding hydrogens is 344 g/mol. The van der Waals surface area contributed by atoms with Gasteiger partial charge in [-0.1, -0.05) is 13.8 Å². The minimum Gasteiger partial charge on any atom is -0.497 e. The van der Waals surface area contributed by atoms with Gasteiger partial charge < -0.3 is 14.7 Å². The Morgan fingerprint density at radius 1 is 1.26 bits per heavy atom. The molecule has 142 valence electrons. The summed E-state index contributed by atoms with van der Waals surface area (Å²) >= 11 is 0. The average molecular weight is 368 g/mol. The molecule has 0 radical (unpaired) electrons. The van der Waals surface area contributed by atoms with E-state index < -0.39 is 5.97 Å². The number of carbonyl (C=O) groups excluding carboxylic acids is 1. The van der Waals surface area contributed by atoms with Gasteiger partial charge in [0.25, 0.3) is 5.91 Å². The number of methoxy groups -OCH3 is 1. The van der Waals surface area contributed by atoms with Crippen LogP contribution in [0.2, 0.25) is 0 Å². The number of aromatic carboxylic acids is 1. The van der Waals surface area contributed by atoms with Crippen LogP contribution in [0.3, 0.4) is 0 Å². The van der Waals surface area contributed by atoms with Crippen LogP contribution in [0.25, 0.3) is 0 Å². The number of hydrogen-bond donors (Lipinski definition) is 1. The highest BCUT2D eigenvalue weighted by molar-refractivity contribution is 6.06. The maximum Gasteiger partial charge on any atom is 0.337 e. The van der Waals surface area contributed by atoms with Crippen molar-refractivity contribution in [3.63, 3.8) is 0 Å². The molecule has 1 aromatic heterocycles. The van der Waals surface area contributed by atoms with Gasteiger partial charge in [-0.15, -0.1) is 0 Å².